The fourth-order valence-electron chi connectivity index (χ4n) is 1.29. The van der Waals surface area contributed by atoms with Crippen molar-refractivity contribution in [3.8, 4) is 0 Å². The standard InChI is InChI=1S/C13H16N2O3/c1-11(8-14-10-16)15(2)13(17)18-9-12-6-4-3-5-7-12/h3-7,11H,8-9H2,1-2H3. The molecule has 0 aromatic heterocycles. The first-order chi connectivity index (χ1) is 8.65. The number of aliphatic imine (C=N–C) groups is 1. The van der Waals surface area contributed by atoms with Gasteiger partial charge in [-0.1, -0.05) is 30.3 Å². The number of rotatable bonds is 5. The number of isocyanates is 1. The van der Waals surface area contributed by atoms with Crippen LogP contribution in [0.4, 0.5) is 4.79 Å². The number of nitrogens with zero attached hydrogens (tertiary/aromatic N) is 2. The first-order valence-corrected chi connectivity index (χ1v) is 5.62. The summed E-state index contributed by atoms with van der Waals surface area (Å²) in [7, 11) is 1.61. The van der Waals surface area contributed by atoms with Gasteiger partial charge in [-0.3, -0.25) is 0 Å². The summed E-state index contributed by atoms with van der Waals surface area (Å²) >= 11 is 0. The van der Waals surface area contributed by atoms with E-state index < -0.39 is 6.09 Å². The molecule has 5 heteroatoms. The highest BCUT2D eigenvalue weighted by Gasteiger charge is 2.16. The van der Waals surface area contributed by atoms with Crippen LogP contribution in [0.15, 0.2) is 35.3 Å². The lowest BCUT2D eigenvalue weighted by Crippen LogP contribution is -2.37. The highest BCUT2D eigenvalue weighted by Crippen LogP contribution is 2.04. The summed E-state index contributed by atoms with van der Waals surface area (Å²) in [6.07, 6.45) is 1.01. The minimum absolute atomic E-state index is 0.199. The third kappa shape index (κ3) is 4.39. The molecule has 0 aliphatic heterocycles. The summed E-state index contributed by atoms with van der Waals surface area (Å²) in [5.41, 5.74) is 0.929. The van der Waals surface area contributed by atoms with Crippen LogP contribution in [0.2, 0.25) is 0 Å². The summed E-state index contributed by atoms with van der Waals surface area (Å²) in [4.78, 5) is 26.5. The monoisotopic (exact) mass is 248 g/mol. The van der Waals surface area contributed by atoms with E-state index in [1.54, 1.807) is 14.0 Å². The maximum absolute atomic E-state index is 11.7. The molecule has 1 aromatic rings. The van der Waals surface area contributed by atoms with Gasteiger partial charge in [0.05, 0.1) is 12.6 Å². The third-order valence-corrected chi connectivity index (χ3v) is 2.57. The van der Waals surface area contributed by atoms with E-state index in [1.165, 1.54) is 11.0 Å². The van der Waals surface area contributed by atoms with E-state index in [2.05, 4.69) is 4.99 Å². The van der Waals surface area contributed by atoms with E-state index in [-0.39, 0.29) is 19.2 Å². The Kier molecular flexibility index (Phi) is 5.61. The molecule has 0 N–H and O–H groups in total. The Balaban J connectivity index is 2.42. The van der Waals surface area contributed by atoms with E-state index in [4.69, 9.17) is 4.74 Å². The fourth-order valence-corrected chi connectivity index (χ4v) is 1.29. The Morgan fingerprint density at radius 3 is 2.72 bits per heavy atom. The highest BCUT2D eigenvalue weighted by molar-refractivity contribution is 5.67. The second-order valence-electron chi connectivity index (χ2n) is 3.93. The zero-order chi connectivity index (χ0) is 13.4. The van der Waals surface area contributed by atoms with Crippen molar-refractivity contribution in [3.05, 3.63) is 35.9 Å². The SMILES string of the molecule is CC(CN=C=O)N(C)C(=O)OCc1ccccc1. The van der Waals surface area contributed by atoms with Crippen LogP contribution in [0.3, 0.4) is 0 Å². The molecule has 0 fully saturated rings. The lowest BCUT2D eigenvalue weighted by Gasteiger charge is -2.22. The molecule has 1 aromatic carbocycles. The molecule has 18 heavy (non-hydrogen) atoms. The zero-order valence-electron chi connectivity index (χ0n) is 10.5. The zero-order valence-corrected chi connectivity index (χ0v) is 10.5. The minimum Gasteiger partial charge on any atom is -0.445 e. The van der Waals surface area contributed by atoms with Crippen LogP contribution in [0.25, 0.3) is 0 Å². The molecule has 0 bridgehead atoms. The average Bonchev–Trinajstić information content (AvgIpc) is 2.42. The van der Waals surface area contributed by atoms with Crippen molar-refractivity contribution in [2.24, 2.45) is 4.99 Å². The Bertz CT molecular complexity index is 427. The molecule has 5 nitrogen and oxygen atoms in total. The van der Waals surface area contributed by atoms with Gasteiger partial charge in [0.15, 0.2) is 0 Å². The number of carbonyl (C=O) groups excluding carboxylic acids is 2. The predicted molar refractivity (Wildman–Crippen MR) is 66.8 cm³/mol. The van der Waals surface area contributed by atoms with E-state index in [0.717, 1.165) is 5.56 Å². The van der Waals surface area contributed by atoms with Crippen LogP contribution >= 0.6 is 0 Å². The summed E-state index contributed by atoms with van der Waals surface area (Å²) < 4.78 is 5.14. The van der Waals surface area contributed by atoms with Crippen molar-refractivity contribution in [1.82, 2.24) is 4.90 Å². The molecule has 0 aliphatic rings. The van der Waals surface area contributed by atoms with E-state index in [9.17, 15) is 9.59 Å². The summed E-state index contributed by atoms with van der Waals surface area (Å²) in [5.74, 6) is 0. The number of amides is 1. The van der Waals surface area contributed by atoms with Crippen LogP contribution in [0, 0.1) is 0 Å². The third-order valence-electron chi connectivity index (χ3n) is 2.57. The molecular formula is C13H16N2O3. The lowest BCUT2D eigenvalue weighted by molar-refractivity contribution is 0.0946. The van der Waals surface area contributed by atoms with Crippen LogP contribution in [-0.4, -0.2) is 36.7 Å². The van der Waals surface area contributed by atoms with Crippen molar-refractivity contribution < 1.29 is 14.3 Å². The number of hydrogen-bond donors (Lipinski definition) is 0. The van der Waals surface area contributed by atoms with Crippen LogP contribution in [0.1, 0.15) is 12.5 Å². The van der Waals surface area contributed by atoms with Gasteiger partial charge in [0.2, 0.25) is 6.08 Å². The first kappa shape index (κ1) is 13.9. The smallest absolute Gasteiger partial charge is 0.410 e. The Labute approximate surface area is 106 Å². The van der Waals surface area contributed by atoms with Gasteiger partial charge in [-0.15, -0.1) is 0 Å². The Morgan fingerprint density at radius 2 is 2.11 bits per heavy atom. The van der Waals surface area contributed by atoms with E-state index in [1.807, 2.05) is 30.3 Å². The average molecular weight is 248 g/mol. The number of hydrogen-bond acceptors (Lipinski definition) is 4. The van der Waals surface area contributed by atoms with Crippen molar-refractivity contribution in [2.45, 2.75) is 19.6 Å². The highest BCUT2D eigenvalue weighted by atomic mass is 16.6. The van der Waals surface area contributed by atoms with Gasteiger partial charge in [0, 0.05) is 7.05 Å². The molecule has 0 radical (unpaired) electrons. The molecule has 0 saturated heterocycles. The van der Waals surface area contributed by atoms with E-state index >= 15 is 0 Å². The van der Waals surface area contributed by atoms with Gasteiger partial charge in [-0.05, 0) is 12.5 Å². The Morgan fingerprint density at radius 1 is 1.44 bits per heavy atom. The predicted octanol–water partition coefficient (Wildman–Crippen LogP) is 1.98. The number of ether oxygens (including phenoxy) is 1. The fraction of sp³-hybridized carbons (Fsp3) is 0.385. The van der Waals surface area contributed by atoms with Gasteiger partial charge in [-0.2, -0.15) is 0 Å². The quantitative estimate of drug-likeness (QED) is 0.591. The van der Waals surface area contributed by atoms with Crippen LogP contribution < -0.4 is 0 Å². The topological polar surface area (TPSA) is 59.0 Å². The number of carbonyl (C=O) groups is 1. The summed E-state index contributed by atoms with van der Waals surface area (Å²) in [5, 5.41) is 0. The molecule has 0 aliphatic carbocycles. The molecule has 0 heterocycles. The van der Waals surface area contributed by atoms with Crippen molar-refractivity contribution in [1.29, 1.82) is 0 Å². The van der Waals surface area contributed by atoms with Gasteiger partial charge < -0.3 is 9.64 Å². The molecule has 1 rings (SSSR count). The lowest BCUT2D eigenvalue weighted by atomic mass is 10.2. The van der Waals surface area contributed by atoms with Gasteiger partial charge in [0.1, 0.15) is 6.61 Å². The van der Waals surface area contributed by atoms with Crippen LogP contribution in [-0.2, 0) is 16.1 Å². The maximum atomic E-state index is 11.7. The molecule has 1 atom stereocenters. The molecular weight excluding hydrogens is 232 g/mol. The van der Waals surface area contributed by atoms with Crippen molar-refractivity contribution >= 4 is 12.2 Å². The molecule has 96 valence electrons. The minimum atomic E-state index is -0.438. The second-order valence-corrected chi connectivity index (χ2v) is 3.93. The van der Waals surface area contributed by atoms with Gasteiger partial charge in [-0.25, -0.2) is 14.6 Å². The normalized spacial score (nSPS) is 11.2. The van der Waals surface area contributed by atoms with Crippen molar-refractivity contribution in [3.63, 3.8) is 0 Å². The number of likely N-dealkylation sites (N-methyl/N-ethyl adjacent to an activating group) is 1. The van der Waals surface area contributed by atoms with Crippen molar-refractivity contribution in [2.75, 3.05) is 13.6 Å². The largest absolute Gasteiger partial charge is 0.445 e. The summed E-state index contributed by atoms with van der Waals surface area (Å²) in [6.45, 7) is 2.23. The molecule has 0 saturated carbocycles. The number of benzene rings is 1. The molecule has 1 amide bonds. The van der Waals surface area contributed by atoms with Gasteiger partial charge >= 0.3 is 6.09 Å². The molecule has 0 spiro atoms. The summed E-state index contributed by atoms with van der Waals surface area (Å²) in [6, 6.07) is 9.23. The van der Waals surface area contributed by atoms with Gasteiger partial charge in [0.25, 0.3) is 0 Å². The van der Waals surface area contributed by atoms with Crippen LogP contribution in [0.5, 0.6) is 0 Å². The second kappa shape index (κ2) is 7.25. The Hall–Kier alpha value is -2.13. The maximum Gasteiger partial charge on any atom is 0.410 e. The molecule has 1 unspecified atom stereocenters. The first-order valence-electron chi connectivity index (χ1n) is 5.62. The van der Waals surface area contributed by atoms with E-state index in [0.29, 0.717) is 0 Å².